The van der Waals surface area contributed by atoms with E-state index in [1.807, 2.05) is 34.6 Å². The number of aliphatic hydroxyl groups excluding tert-OH is 1. The molecule has 0 bridgehead atoms. The molecular formula is C13H22ClN3O. The molecule has 0 spiro atoms. The van der Waals surface area contributed by atoms with Crippen molar-refractivity contribution in [3.8, 4) is 0 Å². The first-order valence-corrected chi connectivity index (χ1v) is 6.53. The van der Waals surface area contributed by atoms with Crippen LogP contribution >= 0.6 is 11.6 Å². The third kappa shape index (κ3) is 3.82. The Labute approximate surface area is 114 Å². The minimum absolute atomic E-state index is 0.142. The Balaban J connectivity index is 3.00. The summed E-state index contributed by atoms with van der Waals surface area (Å²) < 4.78 is 0. The summed E-state index contributed by atoms with van der Waals surface area (Å²) in [4.78, 5) is 8.84. The second-order valence-electron chi connectivity index (χ2n) is 5.73. The quantitative estimate of drug-likeness (QED) is 0.827. The first-order valence-electron chi connectivity index (χ1n) is 6.15. The summed E-state index contributed by atoms with van der Waals surface area (Å²) in [6.07, 6.45) is 0. The standard InChI is InChI=1S/C13H22ClN3O/c1-8(7-18)6-15-11-9(2)10(14)16-12(17-11)13(3,4)5/h8,18H,6-7H2,1-5H3,(H,15,16,17). The number of hydrogen-bond donors (Lipinski definition) is 2. The molecule has 0 aliphatic carbocycles. The molecule has 102 valence electrons. The zero-order valence-electron chi connectivity index (χ0n) is 11.7. The molecule has 1 aromatic heterocycles. The van der Waals surface area contributed by atoms with E-state index < -0.39 is 0 Å². The fourth-order valence-corrected chi connectivity index (χ4v) is 1.50. The molecule has 0 aliphatic heterocycles. The van der Waals surface area contributed by atoms with Crippen molar-refractivity contribution in [1.82, 2.24) is 9.97 Å². The predicted molar refractivity (Wildman–Crippen MR) is 75.2 cm³/mol. The second-order valence-corrected chi connectivity index (χ2v) is 6.09. The molecular weight excluding hydrogens is 250 g/mol. The number of nitrogens with zero attached hydrogens (tertiary/aromatic N) is 2. The van der Waals surface area contributed by atoms with Gasteiger partial charge < -0.3 is 10.4 Å². The first-order chi connectivity index (χ1) is 8.25. The highest BCUT2D eigenvalue weighted by molar-refractivity contribution is 6.30. The van der Waals surface area contributed by atoms with Gasteiger partial charge in [-0.3, -0.25) is 0 Å². The highest BCUT2D eigenvalue weighted by atomic mass is 35.5. The van der Waals surface area contributed by atoms with E-state index in [1.54, 1.807) is 0 Å². The molecule has 18 heavy (non-hydrogen) atoms. The fraction of sp³-hybridized carbons (Fsp3) is 0.692. The van der Waals surface area contributed by atoms with Crippen LogP contribution in [0, 0.1) is 12.8 Å². The van der Waals surface area contributed by atoms with Crippen LogP contribution in [0.3, 0.4) is 0 Å². The normalized spacial score (nSPS) is 13.5. The second kappa shape index (κ2) is 5.85. The summed E-state index contributed by atoms with van der Waals surface area (Å²) in [6, 6.07) is 0. The number of nitrogens with one attached hydrogen (secondary N) is 1. The minimum Gasteiger partial charge on any atom is -0.396 e. The van der Waals surface area contributed by atoms with Gasteiger partial charge >= 0.3 is 0 Å². The van der Waals surface area contributed by atoms with Crippen molar-refractivity contribution in [3.63, 3.8) is 0 Å². The number of aliphatic hydroxyl groups is 1. The van der Waals surface area contributed by atoms with E-state index in [9.17, 15) is 0 Å². The van der Waals surface area contributed by atoms with Crippen molar-refractivity contribution < 1.29 is 5.11 Å². The van der Waals surface area contributed by atoms with Crippen LogP contribution in [-0.2, 0) is 5.41 Å². The van der Waals surface area contributed by atoms with Gasteiger partial charge in [0, 0.05) is 24.1 Å². The van der Waals surface area contributed by atoms with E-state index >= 15 is 0 Å². The average Bonchev–Trinajstić information content (AvgIpc) is 2.28. The number of halogens is 1. The predicted octanol–water partition coefficient (Wildman–Crippen LogP) is 2.78. The topological polar surface area (TPSA) is 58.0 Å². The van der Waals surface area contributed by atoms with Crippen LogP contribution in [0.15, 0.2) is 0 Å². The van der Waals surface area contributed by atoms with Gasteiger partial charge in [0.25, 0.3) is 0 Å². The van der Waals surface area contributed by atoms with Gasteiger partial charge in [-0.2, -0.15) is 0 Å². The molecule has 0 saturated heterocycles. The van der Waals surface area contributed by atoms with Gasteiger partial charge in [0.2, 0.25) is 0 Å². The van der Waals surface area contributed by atoms with Gasteiger partial charge in [0.05, 0.1) is 0 Å². The van der Waals surface area contributed by atoms with E-state index in [2.05, 4.69) is 15.3 Å². The Hall–Kier alpha value is -0.870. The van der Waals surface area contributed by atoms with Crippen LogP contribution in [0.4, 0.5) is 5.82 Å². The summed E-state index contributed by atoms with van der Waals surface area (Å²) in [5.74, 6) is 1.65. The molecule has 1 rings (SSSR count). The molecule has 4 nitrogen and oxygen atoms in total. The lowest BCUT2D eigenvalue weighted by molar-refractivity contribution is 0.244. The van der Waals surface area contributed by atoms with E-state index in [1.165, 1.54) is 0 Å². The van der Waals surface area contributed by atoms with Crippen molar-refractivity contribution in [1.29, 1.82) is 0 Å². The molecule has 1 heterocycles. The Morgan fingerprint density at radius 1 is 1.33 bits per heavy atom. The van der Waals surface area contributed by atoms with Crippen LogP contribution in [-0.4, -0.2) is 28.2 Å². The number of anilines is 1. The number of aromatic nitrogens is 2. The van der Waals surface area contributed by atoms with E-state index in [0.29, 0.717) is 11.7 Å². The Morgan fingerprint density at radius 3 is 2.44 bits per heavy atom. The number of rotatable bonds is 4. The van der Waals surface area contributed by atoms with Crippen LogP contribution in [0.2, 0.25) is 5.15 Å². The minimum atomic E-state index is -0.142. The van der Waals surface area contributed by atoms with Crippen LogP contribution in [0.1, 0.15) is 39.1 Å². The summed E-state index contributed by atoms with van der Waals surface area (Å²) in [6.45, 7) is 10.8. The van der Waals surface area contributed by atoms with E-state index in [-0.39, 0.29) is 17.9 Å². The molecule has 0 fully saturated rings. The molecule has 0 aromatic carbocycles. The largest absolute Gasteiger partial charge is 0.396 e. The van der Waals surface area contributed by atoms with Gasteiger partial charge in [-0.05, 0) is 12.8 Å². The lowest BCUT2D eigenvalue weighted by Gasteiger charge is -2.20. The van der Waals surface area contributed by atoms with Crippen molar-refractivity contribution in [2.24, 2.45) is 5.92 Å². The average molecular weight is 272 g/mol. The fourth-order valence-electron chi connectivity index (χ4n) is 1.33. The summed E-state index contributed by atoms with van der Waals surface area (Å²) in [5.41, 5.74) is 0.700. The summed E-state index contributed by atoms with van der Waals surface area (Å²) >= 11 is 6.13. The maximum atomic E-state index is 9.02. The number of hydrogen-bond acceptors (Lipinski definition) is 4. The molecule has 0 aliphatic rings. The molecule has 1 aromatic rings. The molecule has 0 amide bonds. The molecule has 1 atom stereocenters. The molecule has 1 unspecified atom stereocenters. The Kier molecular flexibility index (Phi) is 4.93. The SMILES string of the molecule is Cc1c(Cl)nc(C(C)(C)C)nc1NCC(C)CO. The van der Waals surface area contributed by atoms with Crippen molar-refractivity contribution in [3.05, 3.63) is 16.5 Å². The maximum Gasteiger partial charge on any atom is 0.137 e. The lowest BCUT2D eigenvalue weighted by atomic mass is 9.95. The van der Waals surface area contributed by atoms with Crippen LogP contribution in [0.25, 0.3) is 0 Å². The monoisotopic (exact) mass is 271 g/mol. The lowest BCUT2D eigenvalue weighted by Crippen LogP contribution is -2.20. The van der Waals surface area contributed by atoms with Gasteiger partial charge in [-0.25, -0.2) is 9.97 Å². The molecule has 5 heteroatoms. The molecule has 0 radical (unpaired) electrons. The maximum absolute atomic E-state index is 9.02. The molecule has 2 N–H and O–H groups in total. The highest BCUT2D eigenvalue weighted by Gasteiger charge is 2.20. The summed E-state index contributed by atoms with van der Waals surface area (Å²) in [7, 11) is 0. The van der Waals surface area contributed by atoms with E-state index in [4.69, 9.17) is 16.7 Å². The summed E-state index contributed by atoms with van der Waals surface area (Å²) in [5, 5.41) is 12.7. The third-order valence-electron chi connectivity index (χ3n) is 2.69. The third-order valence-corrected chi connectivity index (χ3v) is 3.05. The van der Waals surface area contributed by atoms with E-state index in [0.717, 1.165) is 17.2 Å². The van der Waals surface area contributed by atoms with Crippen molar-refractivity contribution in [2.75, 3.05) is 18.5 Å². The van der Waals surface area contributed by atoms with Crippen molar-refractivity contribution in [2.45, 2.75) is 40.0 Å². The zero-order valence-corrected chi connectivity index (χ0v) is 12.5. The first kappa shape index (κ1) is 15.2. The smallest absolute Gasteiger partial charge is 0.137 e. The van der Waals surface area contributed by atoms with Gasteiger partial charge in [-0.1, -0.05) is 39.3 Å². The zero-order chi connectivity index (χ0) is 13.9. The van der Waals surface area contributed by atoms with Crippen LogP contribution in [0.5, 0.6) is 0 Å². The van der Waals surface area contributed by atoms with Crippen LogP contribution < -0.4 is 5.32 Å². The molecule has 0 saturated carbocycles. The van der Waals surface area contributed by atoms with Gasteiger partial charge in [0.1, 0.15) is 16.8 Å². The Morgan fingerprint density at radius 2 is 1.94 bits per heavy atom. The van der Waals surface area contributed by atoms with Crippen molar-refractivity contribution >= 4 is 17.4 Å². The Bertz CT molecular complexity index is 415. The van der Waals surface area contributed by atoms with Gasteiger partial charge in [-0.15, -0.1) is 0 Å². The van der Waals surface area contributed by atoms with Gasteiger partial charge in [0.15, 0.2) is 0 Å². The highest BCUT2D eigenvalue weighted by Crippen LogP contribution is 2.26.